The number of carbonyl (C=O) groups excluding carboxylic acids is 1. The van der Waals surface area contributed by atoms with Gasteiger partial charge in [0.1, 0.15) is 0 Å². The normalized spacial score (nSPS) is 19.1. The van der Waals surface area contributed by atoms with Crippen molar-refractivity contribution in [3.8, 4) is 0 Å². The van der Waals surface area contributed by atoms with E-state index in [9.17, 15) is 9.59 Å². The zero-order valence-electron chi connectivity index (χ0n) is 12.1. The summed E-state index contributed by atoms with van der Waals surface area (Å²) in [7, 11) is 0. The van der Waals surface area contributed by atoms with Crippen LogP contribution in [0.1, 0.15) is 20.3 Å². The molecule has 0 radical (unpaired) electrons. The molecule has 2 amide bonds. The lowest BCUT2D eigenvalue weighted by atomic mass is 10.2. The van der Waals surface area contributed by atoms with E-state index in [2.05, 4.69) is 19.2 Å². The number of ether oxygens (including phenoxy) is 1. The van der Waals surface area contributed by atoms with Gasteiger partial charge in [0.2, 0.25) is 0 Å². The van der Waals surface area contributed by atoms with E-state index in [1.807, 2.05) is 0 Å². The van der Waals surface area contributed by atoms with Crippen molar-refractivity contribution >= 4 is 23.8 Å². The Morgan fingerprint density at radius 1 is 1.50 bits per heavy atom. The van der Waals surface area contributed by atoms with E-state index >= 15 is 0 Å². The number of urea groups is 1. The van der Waals surface area contributed by atoms with Crippen molar-refractivity contribution < 1.29 is 19.4 Å². The third kappa shape index (κ3) is 6.47. The molecule has 1 fully saturated rings. The van der Waals surface area contributed by atoms with Gasteiger partial charge in [0.05, 0.1) is 19.1 Å². The van der Waals surface area contributed by atoms with Gasteiger partial charge in [-0.25, -0.2) is 4.79 Å². The zero-order chi connectivity index (χ0) is 15.0. The molecule has 1 saturated heterocycles. The molecule has 1 unspecified atom stereocenters. The summed E-state index contributed by atoms with van der Waals surface area (Å²) in [5.41, 5.74) is 0. The van der Waals surface area contributed by atoms with Crippen molar-refractivity contribution in [2.75, 3.05) is 37.8 Å². The molecule has 0 spiro atoms. The highest BCUT2D eigenvalue weighted by Crippen LogP contribution is 2.18. The van der Waals surface area contributed by atoms with Crippen LogP contribution < -0.4 is 5.32 Å². The van der Waals surface area contributed by atoms with E-state index < -0.39 is 5.97 Å². The summed E-state index contributed by atoms with van der Waals surface area (Å²) in [5, 5.41) is 11.7. The fraction of sp³-hybridized carbons (Fsp3) is 0.846. The van der Waals surface area contributed by atoms with Gasteiger partial charge < -0.3 is 20.1 Å². The number of amides is 2. The van der Waals surface area contributed by atoms with E-state index in [1.54, 1.807) is 16.7 Å². The maximum absolute atomic E-state index is 12.0. The van der Waals surface area contributed by atoms with Crippen LogP contribution in [-0.2, 0) is 9.53 Å². The van der Waals surface area contributed by atoms with Gasteiger partial charge in [0.25, 0.3) is 0 Å². The molecule has 7 heteroatoms. The quantitative estimate of drug-likeness (QED) is 0.692. The molecule has 1 aliphatic heterocycles. The molecule has 0 saturated carbocycles. The SMILES string of the molecule is CC(C)COCCNC(=O)N1CCSCC1CC(=O)O. The number of aliphatic carboxylic acids is 1. The first-order valence-electron chi connectivity index (χ1n) is 6.92. The number of nitrogens with zero attached hydrogens (tertiary/aromatic N) is 1. The predicted molar refractivity (Wildman–Crippen MR) is 79.1 cm³/mol. The molecule has 6 nitrogen and oxygen atoms in total. The summed E-state index contributed by atoms with van der Waals surface area (Å²) >= 11 is 1.69. The first-order valence-corrected chi connectivity index (χ1v) is 8.08. The number of carboxylic acid groups (broad SMARTS) is 1. The van der Waals surface area contributed by atoms with Crippen molar-refractivity contribution in [2.24, 2.45) is 5.92 Å². The summed E-state index contributed by atoms with van der Waals surface area (Å²) in [6.07, 6.45) is 0.00424. The van der Waals surface area contributed by atoms with Gasteiger partial charge in [0, 0.05) is 31.2 Å². The van der Waals surface area contributed by atoms with E-state index in [0.717, 1.165) is 5.75 Å². The number of hydrogen-bond donors (Lipinski definition) is 2. The van der Waals surface area contributed by atoms with Crippen LogP contribution in [0.4, 0.5) is 4.79 Å². The molecule has 0 aromatic rings. The number of carbonyl (C=O) groups is 2. The van der Waals surface area contributed by atoms with Crippen LogP contribution in [0, 0.1) is 5.92 Å². The minimum atomic E-state index is -0.865. The van der Waals surface area contributed by atoms with Crippen LogP contribution in [0.5, 0.6) is 0 Å². The minimum Gasteiger partial charge on any atom is -0.481 e. The Bertz CT molecular complexity index is 325. The van der Waals surface area contributed by atoms with Crippen molar-refractivity contribution in [2.45, 2.75) is 26.3 Å². The smallest absolute Gasteiger partial charge is 0.317 e. The Balaban J connectivity index is 2.30. The number of rotatable bonds is 7. The van der Waals surface area contributed by atoms with Crippen molar-refractivity contribution in [1.82, 2.24) is 10.2 Å². The van der Waals surface area contributed by atoms with E-state index in [1.165, 1.54) is 0 Å². The molecule has 116 valence electrons. The Labute approximate surface area is 124 Å². The zero-order valence-corrected chi connectivity index (χ0v) is 12.9. The lowest BCUT2D eigenvalue weighted by Gasteiger charge is -2.34. The Kier molecular flexibility index (Phi) is 7.76. The number of carboxylic acids is 1. The van der Waals surface area contributed by atoms with Gasteiger partial charge in [-0.2, -0.15) is 11.8 Å². The van der Waals surface area contributed by atoms with E-state index in [4.69, 9.17) is 9.84 Å². The number of hydrogen-bond acceptors (Lipinski definition) is 4. The molecule has 0 bridgehead atoms. The molecule has 20 heavy (non-hydrogen) atoms. The Hall–Kier alpha value is -0.950. The van der Waals surface area contributed by atoms with Gasteiger partial charge in [-0.05, 0) is 5.92 Å². The molecule has 0 aromatic heterocycles. The highest BCUT2D eigenvalue weighted by Gasteiger charge is 2.28. The lowest BCUT2D eigenvalue weighted by molar-refractivity contribution is -0.138. The van der Waals surface area contributed by atoms with Gasteiger partial charge in [0.15, 0.2) is 0 Å². The third-order valence-corrected chi connectivity index (χ3v) is 3.96. The van der Waals surface area contributed by atoms with Gasteiger partial charge in [-0.1, -0.05) is 13.8 Å². The van der Waals surface area contributed by atoms with Gasteiger partial charge in [-0.3, -0.25) is 4.79 Å². The molecule has 1 heterocycles. The summed E-state index contributed by atoms with van der Waals surface area (Å²) in [5.74, 6) is 1.15. The Morgan fingerprint density at radius 3 is 2.90 bits per heavy atom. The second kappa shape index (κ2) is 9.07. The monoisotopic (exact) mass is 304 g/mol. The molecule has 2 N–H and O–H groups in total. The van der Waals surface area contributed by atoms with Crippen LogP contribution >= 0.6 is 11.8 Å². The molecule has 1 aliphatic rings. The largest absolute Gasteiger partial charge is 0.481 e. The molecular formula is C13H24N2O4S. The van der Waals surface area contributed by atoms with Crippen LogP contribution in [0.15, 0.2) is 0 Å². The van der Waals surface area contributed by atoms with E-state index in [-0.39, 0.29) is 18.5 Å². The van der Waals surface area contributed by atoms with E-state index in [0.29, 0.717) is 38.0 Å². The minimum absolute atomic E-state index is 0.00424. The Morgan fingerprint density at radius 2 is 2.25 bits per heavy atom. The molecule has 0 aromatic carbocycles. The maximum Gasteiger partial charge on any atom is 0.317 e. The predicted octanol–water partition coefficient (Wildman–Crippen LogP) is 1.26. The molecular weight excluding hydrogens is 280 g/mol. The van der Waals surface area contributed by atoms with Crippen molar-refractivity contribution in [3.63, 3.8) is 0 Å². The summed E-state index contributed by atoms with van der Waals surface area (Å²) in [6.45, 7) is 6.35. The fourth-order valence-corrected chi connectivity index (χ4v) is 3.01. The second-order valence-electron chi connectivity index (χ2n) is 5.22. The summed E-state index contributed by atoms with van der Waals surface area (Å²) in [4.78, 5) is 24.5. The summed E-state index contributed by atoms with van der Waals surface area (Å²) in [6, 6.07) is -0.410. The maximum atomic E-state index is 12.0. The topological polar surface area (TPSA) is 78.9 Å². The van der Waals surface area contributed by atoms with Gasteiger partial charge in [-0.15, -0.1) is 0 Å². The van der Waals surface area contributed by atoms with Crippen LogP contribution in [0.3, 0.4) is 0 Å². The lowest BCUT2D eigenvalue weighted by Crippen LogP contribution is -2.51. The number of nitrogens with one attached hydrogen (secondary N) is 1. The number of thioether (sulfide) groups is 1. The summed E-state index contributed by atoms with van der Waals surface area (Å²) < 4.78 is 5.39. The standard InChI is InChI=1S/C13H24N2O4S/c1-10(2)8-19-5-3-14-13(18)15-4-6-20-9-11(15)7-12(16)17/h10-11H,3-9H2,1-2H3,(H,14,18)(H,16,17). The van der Waals surface area contributed by atoms with Crippen LogP contribution in [0.2, 0.25) is 0 Å². The molecule has 1 rings (SSSR count). The molecule has 0 aliphatic carbocycles. The first-order chi connectivity index (χ1) is 9.50. The fourth-order valence-electron chi connectivity index (χ4n) is 1.94. The van der Waals surface area contributed by atoms with Gasteiger partial charge >= 0.3 is 12.0 Å². The van der Waals surface area contributed by atoms with Crippen molar-refractivity contribution in [1.29, 1.82) is 0 Å². The second-order valence-corrected chi connectivity index (χ2v) is 6.37. The van der Waals surface area contributed by atoms with Crippen LogP contribution in [0.25, 0.3) is 0 Å². The average molecular weight is 304 g/mol. The highest BCUT2D eigenvalue weighted by atomic mass is 32.2. The molecule has 1 atom stereocenters. The first kappa shape index (κ1) is 17.1. The van der Waals surface area contributed by atoms with Crippen molar-refractivity contribution in [3.05, 3.63) is 0 Å². The average Bonchev–Trinajstić information content (AvgIpc) is 2.37. The highest BCUT2D eigenvalue weighted by molar-refractivity contribution is 7.99. The van der Waals surface area contributed by atoms with Crippen LogP contribution in [-0.4, -0.2) is 65.9 Å². The third-order valence-electron chi connectivity index (χ3n) is 2.87.